The van der Waals surface area contributed by atoms with Gasteiger partial charge in [0, 0.05) is 11.6 Å². The molecule has 0 aliphatic carbocycles. The maximum absolute atomic E-state index is 11.8. The van der Waals surface area contributed by atoms with E-state index >= 15 is 0 Å². The van der Waals surface area contributed by atoms with Crippen LogP contribution in [0.3, 0.4) is 0 Å². The van der Waals surface area contributed by atoms with Gasteiger partial charge in [-0.25, -0.2) is 4.98 Å². The van der Waals surface area contributed by atoms with Crippen molar-refractivity contribution < 1.29 is 9.90 Å². The number of aliphatic carboxylic acids is 1. The Labute approximate surface area is 132 Å². The molecule has 1 unspecified atom stereocenters. The van der Waals surface area contributed by atoms with Crippen LogP contribution >= 0.6 is 11.8 Å². The Kier molecular flexibility index (Phi) is 5.77. The number of thioether (sulfide) groups is 1. The van der Waals surface area contributed by atoms with Gasteiger partial charge in [-0.2, -0.15) is 0 Å². The van der Waals surface area contributed by atoms with Gasteiger partial charge in [-0.05, 0) is 6.42 Å². The first-order valence-corrected chi connectivity index (χ1v) is 8.04. The summed E-state index contributed by atoms with van der Waals surface area (Å²) in [6, 6.07) is 10.8. The molecule has 0 aliphatic heterocycles. The normalized spacial score (nSPS) is 12.0. The molecule has 0 fully saturated rings. The highest BCUT2D eigenvalue weighted by molar-refractivity contribution is 8.00. The highest BCUT2D eigenvalue weighted by Crippen LogP contribution is 2.25. The van der Waals surface area contributed by atoms with Gasteiger partial charge in [-0.3, -0.25) is 9.59 Å². The van der Waals surface area contributed by atoms with Crippen molar-refractivity contribution in [2.24, 2.45) is 0 Å². The molecule has 0 saturated carbocycles. The van der Waals surface area contributed by atoms with Crippen LogP contribution in [0.25, 0.3) is 11.3 Å². The Balaban J connectivity index is 2.26. The summed E-state index contributed by atoms with van der Waals surface area (Å²) in [6.45, 7) is 2.01. The highest BCUT2D eigenvalue weighted by atomic mass is 32.2. The number of aromatic amines is 1. The lowest BCUT2D eigenvalue weighted by molar-refractivity contribution is -0.136. The van der Waals surface area contributed by atoms with Crippen molar-refractivity contribution in [3.63, 3.8) is 0 Å². The SMILES string of the molecule is CCCCC(Sc1nc(-c2ccccc2)cc(=O)[nH]1)C(=O)O. The number of carboxylic acids is 1. The standard InChI is InChI=1S/C16H18N2O3S/c1-2-3-9-13(15(20)21)22-16-17-12(10-14(19)18-16)11-7-5-4-6-8-11/h4-8,10,13H,2-3,9H2,1H3,(H,20,21)(H,17,18,19). The minimum atomic E-state index is -0.883. The fourth-order valence-corrected chi connectivity index (χ4v) is 2.97. The quantitative estimate of drug-likeness (QED) is 0.605. The molecule has 0 amide bonds. The second-order valence-corrected chi connectivity index (χ2v) is 6.08. The topological polar surface area (TPSA) is 83.0 Å². The number of unbranched alkanes of at least 4 members (excludes halogenated alkanes) is 1. The van der Waals surface area contributed by atoms with E-state index in [4.69, 9.17) is 0 Å². The van der Waals surface area contributed by atoms with Gasteiger partial charge in [0.05, 0.1) is 5.69 Å². The zero-order chi connectivity index (χ0) is 15.9. The van der Waals surface area contributed by atoms with Crippen LogP contribution in [-0.2, 0) is 4.79 Å². The molecule has 2 N–H and O–H groups in total. The molecular weight excluding hydrogens is 300 g/mol. The van der Waals surface area contributed by atoms with Crippen LogP contribution in [0, 0.1) is 0 Å². The summed E-state index contributed by atoms with van der Waals surface area (Å²) < 4.78 is 0. The van der Waals surface area contributed by atoms with Crippen LogP contribution in [0.1, 0.15) is 26.2 Å². The maximum atomic E-state index is 11.8. The highest BCUT2D eigenvalue weighted by Gasteiger charge is 2.20. The van der Waals surface area contributed by atoms with Gasteiger partial charge < -0.3 is 10.1 Å². The summed E-state index contributed by atoms with van der Waals surface area (Å²) in [6.07, 6.45) is 2.31. The number of hydrogen-bond donors (Lipinski definition) is 2. The first kappa shape index (κ1) is 16.3. The van der Waals surface area contributed by atoms with Gasteiger partial charge in [0.1, 0.15) is 5.25 Å². The summed E-state index contributed by atoms with van der Waals surface area (Å²) in [5, 5.41) is 9.02. The van der Waals surface area contributed by atoms with Crippen molar-refractivity contribution in [2.45, 2.75) is 36.6 Å². The Hall–Kier alpha value is -2.08. The number of hydrogen-bond acceptors (Lipinski definition) is 4. The zero-order valence-electron chi connectivity index (χ0n) is 12.3. The molecule has 5 nitrogen and oxygen atoms in total. The van der Waals surface area contributed by atoms with Crippen molar-refractivity contribution in [1.82, 2.24) is 9.97 Å². The molecule has 2 rings (SSSR count). The second kappa shape index (κ2) is 7.79. The number of benzene rings is 1. The van der Waals surface area contributed by atoms with Crippen molar-refractivity contribution in [2.75, 3.05) is 0 Å². The monoisotopic (exact) mass is 318 g/mol. The third kappa shape index (κ3) is 4.46. The molecule has 1 aromatic carbocycles. The fraction of sp³-hybridized carbons (Fsp3) is 0.312. The minimum Gasteiger partial charge on any atom is -0.480 e. The van der Waals surface area contributed by atoms with E-state index in [1.165, 1.54) is 6.07 Å². The summed E-state index contributed by atoms with van der Waals surface area (Å²) in [4.78, 5) is 30.1. The van der Waals surface area contributed by atoms with Gasteiger partial charge in [-0.15, -0.1) is 0 Å². The summed E-state index contributed by atoms with van der Waals surface area (Å²) in [5.74, 6) is -0.883. The smallest absolute Gasteiger partial charge is 0.317 e. The first-order valence-electron chi connectivity index (χ1n) is 7.16. The van der Waals surface area contributed by atoms with E-state index in [1.54, 1.807) is 0 Å². The van der Waals surface area contributed by atoms with E-state index in [-0.39, 0.29) is 5.56 Å². The first-order chi connectivity index (χ1) is 10.6. The van der Waals surface area contributed by atoms with Crippen LogP contribution in [-0.4, -0.2) is 26.3 Å². The van der Waals surface area contributed by atoms with Gasteiger partial charge >= 0.3 is 5.97 Å². The van der Waals surface area contributed by atoms with Crippen LogP contribution in [0.15, 0.2) is 46.3 Å². The molecule has 6 heteroatoms. The molecule has 0 spiro atoms. The fourth-order valence-electron chi connectivity index (χ4n) is 2.00. The maximum Gasteiger partial charge on any atom is 0.317 e. The predicted octanol–water partition coefficient (Wildman–Crippen LogP) is 3.17. The number of rotatable bonds is 7. The number of aromatic nitrogens is 2. The molecule has 0 saturated heterocycles. The average Bonchev–Trinajstić information content (AvgIpc) is 2.51. The molecule has 2 aromatic rings. The molecule has 1 aromatic heterocycles. The largest absolute Gasteiger partial charge is 0.480 e. The van der Waals surface area contributed by atoms with E-state index in [1.807, 2.05) is 37.3 Å². The number of nitrogens with zero attached hydrogens (tertiary/aromatic N) is 1. The van der Waals surface area contributed by atoms with Gasteiger partial charge in [0.2, 0.25) is 0 Å². The van der Waals surface area contributed by atoms with Crippen LogP contribution < -0.4 is 5.56 Å². The summed E-state index contributed by atoms with van der Waals surface area (Å²) >= 11 is 1.09. The third-order valence-corrected chi connectivity index (χ3v) is 4.28. The second-order valence-electron chi connectivity index (χ2n) is 4.89. The van der Waals surface area contributed by atoms with E-state index in [0.29, 0.717) is 17.3 Å². The zero-order valence-corrected chi connectivity index (χ0v) is 13.1. The lowest BCUT2D eigenvalue weighted by atomic mass is 10.1. The number of carboxylic acid groups (broad SMARTS) is 1. The van der Waals surface area contributed by atoms with Crippen LogP contribution in [0.4, 0.5) is 0 Å². The molecule has 0 bridgehead atoms. The minimum absolute atomic E-state index is 0.281. The van der Waals surface area contributed by atoms with Gasteiger partial charge in [-0.1, -0.05) is 61.9 Å². The molecule has 0 aliphatic rings. The summed E-state index contributed by atoms with van der Waals surface area (Å²) in [5.41, 5.74) is 1.10. The predicted molar refractivity (Wildman–Crippen MR) is 87.1 cm³/mol. The van der Waals surface area contributed by atoms with Crippen molar-refractivity contribution in [3.8, 4) is 11.3 Å². The lowest BCUT2D eigenvalue weighted by Gasteiger charge is -2.11. The van der Waals surface area contributed by atoms with Crippen molar-refractivity contribution in [3.05, 3.63) is 46.8 Å². The number of carbonyl (C=O) groups is 1. The molecular formula is C16H18N2O3S. The third-order valence-electron chi connectivity index (χ3n) is 3.14. The summed E-state index contributed by atoms with van der Waals surface area (Å²) in [7, 11) is 0. The van der Waals surface area contributed by atoms with Gasteiger partial charge in [0.15, 0.2) is 5.16 Å². The molecule has 1 heterocycles. The Morgan fingerprint density at radius 2 is 2.09 bits per heavy atom. The molecule has 1 atom stereocenters. The van der Waals surface area contributed by atoms with Crippen LogP contribution in [0.2, 0.25) is 0 Å². The lowest BCUT2D eigenvalue weighted by Crippen LogP contribution is -2.18. The Morgan fingerprint density at radius 1 is 1.36 bits per heavy atom. The van der Waals surface area contributed by atoms with Crippen molar-refractivity contribution in [1.29, 1.82) is 0 Å². The van der Waals surface area contributed by atoms with Crippen molar-refractivity contribution >= 4 is 17.7 Å². The van der Waals surface area contributed by atoms with Gasteiger partial charge in [0.25, 0.3) is 5.56 Å². The van der Waals surface area contributed by atoms with E-state index in [2.05, 4.69) is 9.97 Å². The number of nitrogens with one attached hydrogen (secondary N) is 1. The molecule has 22 heavy (non-hydrogen) atoms. The average molecular weight is 318 g/mol. The van der Waals surface area contributed by atoms with Crippen LogP contribution in [0.5, 0.6) is 0 Å². The molecule has 116 valence electrons. The van der Waals surface area contributed by atoms with E-state index in [9.17, 15) is 14.7 Å². The Morgan fingerprint density at radius 3 is 2.73 bits per heavy atom. The number of H-pyrrole nitrogens is 1. The van der Waals surface area contributed by atoms with E-state index in [0.717, 1.165) is 30.2 Å². The Bertz CT molecular complexity index is 685. The molecule has 0 radical (unpaired) electrons. The van der Waals surface area contributed by atoms with E-state index < -0.39 is 11.2 Å².